The standard InChI is InChI=1S/C8H8F4N2S/c9-7-5-6(1-2-14-7)13-3-4-15-8(10,11)12/h1-2,5H,3-4H2,(H,13,14). The van der Waals surface area contributed by atoms with Crippen LogP contribution < -0.4 is 5.32 Å². The number of thioether (sulfide) groups is 1. The molecule has 84 valence electrons. The van der Waals surface area contributed by atoms with Crippen LogP contribution >= 0.6 is 11.8 Å². The van der Waals surface area contributed by atoms with Crippen molar-refractivity contribution in [1.29, 1.82) is 0 Å². The van der Waals surface area contributed by atoms with Crippen LogP contribution in [0.2, 0.25) is 0 Å². The van der Waals surface area contributed by atoms with Crippen molar-refractivity contribution in [2.45, 2.75) is 5.51 Å². The van der Waals surface area contributed by atoms with E-state index in [0.717, 1.165) is 6.07 Å². The molecule has 1 N–H and O–H groups in total. The van der Waals surface area contributed by atoms with Gasteiger partial charge in [0.2, 0.25) is 5.95 Å². The maximum Gasteiger partial charge on any atom is 0.441 e. The first-order chi connectivity index (χ1) is 6.97. The normalized spacial score (nSPS) is 11.5. The number of aromatic nitrogens is 1. The van der Waals surface area contributed by atoms with Gasteiger partial charge in [-0.25, -0.2) is 4.98 Å². The molecule has 0 aliphatic carbocycles. The number of alkyl halides is 3. The molecule has 0 aromatic carbocycles. The van der Waals surface area contributed by atoms with Gasteiger partial charge in [0.25, 0.3) is 0 Å². The molecule has 0 saturated carbocycles. The van der Waals surface area contributed by atoms with Crippen molar-refractivity contribution in [3.05, 3.63) is 24.3 Å². The van der Waals surface area contributed by atoms with Gasteiger partial charge in [0.05, 0.1) is 0 Å². The largest absolute Gasteiger partial charge is 0.441 e. The summed E-state index contributed by atoms with van der Waals surface area (Å²) in [6, 6.07) is 2.61. The number of anilines is 1. The zero-order valence-electron chi connectivity index (χ0n) is 7.51. The van der Waals surface area contributed by atoms with Crippen molar-refractivity contribution in [2.75, 3.05) is 17.6 Å². The molecule has 15 heavy (non-hydrogen) atoms. The molecule has 0 fully saturated rings. The first kappa shape index (κ1) is 12.1. The minimum absolute atomic E-state index is 0.115. The molecule has 1 heterocycles. The maximum absolute atomic E-state index is 12.5. The lowest BCUT2D eigenvalue weighted by Crippen LogP contribution is -2.09. The summed E-state index contributed by atoms with van der Waals surface area (Å²) in [5, 5.41) is 2.66. The van der Waals surface area contributed by atoms with Crippen LogP contribution in [0.25, 0.3) is 0 Å². The Bertz CT molecular complexity index is 316. The van der Waals surface area contributed by atoms with E-state index in [1.165, 1.54) is 12.3 Å². The molecule has 0 aliphatic heterocycles. The highest BCUT2D eigenvalue weighted by Gasteiger charge is 2.27. The molecule has 0 spiro atoms. The van der Waals surface area contributed by atoms with Crippen LogP contribution in [0.1, 0.15) is 0 Å². The van der Waals surface area contributed by atoms with Gasteiger partial charge in [-0.3, -0.25) is 0 Å². The fourth-order valence-electron chi connectivity index (χ4n) is 0.875. The Labute approximate surface area is 88.1 Å². The minimum atomic E-state index is -4.22. The number of pyridine rings is 1. The van der Waals surface area contributed by atoms with Crippen molar-refractivity contribution < 1.29 is 17.6 Å². The fraction of sp³-hybridized carbons (Fsp3) is 0.375. The number of nitrogens with zero attached hydrogens (tertiary/aromatic N) is 1. The third-order valence-electron chi connectivity index (χ3n) is 1.42. The third kappa shape index (κ3) is 5.46. The van der Waals surface area contributed by atoms with E-state index in [-0.39, 0.29) is 24.1 Å². The lowest BCUT2D eigenvalue weighted by atomic mass is 10.4. The molecule has 0 radical (unpaired) electrons. The molecule has 0 aliphatic rings. The summed E-state index contributed by atoms with van der Waals surface area (Å²) >= 11 is -0.115. The average Bonchev–Trinajstić information content (AvgIpc) is 2.11. The van der Waals surface area contributed by atoms with E-state index in [1.807, 2.05) is 0 Å². The van der Waals surface area contributed by atoms with Crippen LogP contribution in [0.15, 0.2) is 18.3 Å². The average molecular weight is 240 g/mol. The number of rotatable bonds is 4. The van der Waals surface area contributed by atoms with Crippen LogP contribution in [0.4, 0.5) is 23.2 Å². The van der Waals surface area contributed by atoms with Crippen LogP contribution in [0.3, 0.4) is 0 Å². The van der Waals surface area contributed by atoms with Crippen LogP contribution in [0, 0.1) is 5.95 Å². The molecule has 0 amide bonds. The first-order valence-corrected chi connectivity index (χ1v) is 5.02. The Morgan fingerprint density at radius 1 is 1.40 bits per heavy atom. The van der Waals surface area contributed by atoms with Gasteiger partial charge in [0.15, 0.2) is 0 Å². The molecule has 0 atom stereocenters. The summed E-state index contributed by atoms with van der Waals surface area (Å²) in [5.41, 5.74) is -3.80. The molecule has 0 saturated heterocycles. The predicted molar refractivity (Wildman–Crippen MR) is 51.2 cm³/mol. The Morgan fingerprint density at radius 3 is 2.73 bits per heavy atom. The second kappa shape index (κ2) is 5.20. The SMILES string of the molecule is Fc1cc(NCCSC(F)(F)F)ccn1. The monoisotopic (exact) mass is 240 g/mol. The summed E-state index contributed by atoms with van der Waals surface area (Å²) in [4.78, 5) is 3.32. The molecular formula is C8H8F4N2S. The molecule has 0 unspecified atom stereocenters. The second-order valence-electron chi connectivity index (χ2n) is 2.59. The summed E-state index contributed by atoms with van der Waals surface area (Å²) in [7, 11) is 0. The predicted octanol–water partition coefficient (Wildman–Crippen LogP) is 2.89. The Kier molecular flexibility index (Phi) is 4.19. The van der Waals surface area contributed by atoms with Crippen molar-refractivity contribution in [3.63, 3.8) is 0 Å². The van der Waals surface area contributed by atoms with Crippen LogP contribution in [0.5, 0.6) is 0 Å². The highest BCUT2D eigenvalue weighted by molar-refractivity contribution is 8.00. The molecule has 0 bridgehead atoms. The van der Waals surface area contributed by atoms with Gasteiger partial charge in [-0.1, -0.05) is 0 Å². The van der Waals surface area contributed by atoms with Gasteiger partial charge in [0.1, 0.15) is 0 Å². The first-order valence-electron chi connectivity index (χ1n) is 4.03. The van der Waals surface area contributed by atoms with Crippen LogP contribution in [-0.2, 0) is 0 Å². The van der Waals surface area contributed by atoms with E-state index in [1.54, 1.807) is 0 Å². The molecule has 1 rings (SSSR count). The van der Waals surface area contributed by atoms with Gasteiger partial charge >= 0.3 is 5.51 Å². The van der Waals surface area contributed by atoms with Crippen molar-refractivity contribution in [1.82, 2.24) is 4.98 Å². The van der Waals surface area contributed by atoms with Gasteiger partial charge in [-0.15, -0.1) is 0 Å². The topological polar surface area (TPSA) is 24.9 Å². The zero-order chi connectivity index (χ0) is 11.3. The lowest BCUT2D eigenvalue weighted by molar-refractivity contribution is -0.0327. The number of nitrogens with one attached hydrogen (secondary N) is 1. The van der Waals surface area contributed by atoms with Gasteiger partial charge in [0, 0.05) is 30.2 Å². The maximum atomic E-state index is 12.5. The minimum Gasteiger partial charge on any atom is -0.384 e. The molecule has 1 aromatic rings. The van der Waals surface area contributed by atoms with Gasteiger partial charge in [-0.05, 0) is 17.8 Å². The Balaban J connectivity index is 2.26. The zero-order valence-corrected chi connectivity index (χ0v) is 8.33. The number of hydrogen-bond acceptors (Lipinski definition) is 3. The van der Waals surface area contributed by atoms with E-state index >= 15 is 0 Å². The Hall–Kier alpha value is -0.980. The smallest absolute Gasteiger partial charge is 0.384 e. The summed E-state index contributed by atoms with van der Waals surface area (Å²) in [6.07, 6.45) is 1.24. The van der Waals surface area contributed by atoms with E-state index in [2.05, 4.69) is 10.3 Å². The highest BCUT2D eigenvalue weighted by atomic mass is 32.2. The van der Waals surface area contributed by atoms with Crippen molar-refractivity contribution in [2.24, 2.45) is 0 Å². The number of hydrogen-bond donors (Lipinski definition) is 1. The molecule has 2 nitrogen and oxygen atoms in total. The van der Waals surface area contributed by atoms with E-state index in [9.17, 15) is 17.6 Å². The van der Waals surface area contributed by atoms with E-state index < -0.39 is 11.5 Å². The van der Waals surface area contributed by atoms with Crippen molar-refractivity contribution in [3.8, 4) is 0 Å². The molecule has 7 heteroatoms. The highest BCUT2D eigenvalue weighted by Crippen LogP contribution is 2.29. The van der Waals surface area contributed by atoms with Gasteiger partial charge in [-0.2, -0.15) is 17.6 Å². The van der Waals surface area contributed by atoms with Crippen LogP contribution in [-0.4, -0.2) is 22.8 Å². The van der Waals surface area contributed by atoms with Gasteiger partial charge < -0.3 is 5.32 Å². The molecule has 1 aromatic heterocycles. The summed E-state index contributed by atoms with van der Waals surface area (Å²) < 4.78 is 47.7. The second-order valence-corrected chi connectivity index (χ2v) is 3.75. The number of halogens is 4. The lowest BCUT2D eigenvalue weighted by Gasteiger charge is -2.07. The molecular weight excluding hydrogens is 232 g/mol. The third-order valence-corrected chi connectivity index (χ3v) is 2.16. The van der Waals surface area contributed by atoms with E-state index in [0.29, 0.717) is 5.69 Å². The quantitative estimate of drug-likeness (QED) is 0.497. The summed E-state index contributed by atoms with van der Waals surface area (Å²) in [6.45, 7) is 0.119. The van der Waals surface area contributed by atoms with Crippen molar-refractivity contribution >= 4 is 17.4 Å². The van der Waals surface area contributed by atoms with E-state index in [4.69, 9.17) is 0 Å². The summed E-state index contributed by atoms with van der Waals surface area (Å²) in [5.74, 6) is -0.781. The Morgan fingerprint density at radius 2 is 2.13 bits per heavy atom. The fourth-order valence-corrected chi connectivity index (χ4v) is 1.31.